The average molecular weight is 280 g/mol. The molecular formula is C17H28O3. The van der Waals surface area contributed by atoms with Gasteiger partial charge in [0, 0.05) is 12.3 Å². The zero-order valence-corrected chi connectivity index (χ0v) is 13.1. The summed E-state index contributed by atoms with van der Waals surface area (Å²) in [5.41, 5.74) is -0.875. The molecule has 4 rings (SSSR count). The fraction of sp³-hybridized carbons (Fsp3) is 0.941. The minimum Gasteiger partial charge on any atom is -0.459 e. The highest BCUT2D eigenvalue weighted by atomic mass is 16.6. The number of ether oxygens (including phenoxy) is 1. The van der Waals surface area contributed by atoms with Crippen LogP contribution in [0, 0.1) is 17.3 Å². The van der Waals surface area contributed by atoms with E-state index >= 15 is 0 Å². The van der Waals surface area contributed by atoms with Gasteiger partial charge in [0.15, 0.2) is 0 Å². The van der Waals surface area contributed by atoms with Gasteiger partial charge < -0.3 is 9.84 Å². The molecule has 114 valence electrons. The first kappa shape index (κ1) is 14.4. The molecule has 0 aliphatic heterocycles. The number of hydrogen-bond acceptors (Lipinski definition) is 3. The molecule has 20 heavy (non-hydrogen) atoms. The molecule has 0 radical (unpaired) electrons. The number of hydrogen-bond donors (Lipinski definition) is 1. The van der Waals surface area contributed by atoms with E-state index in [0.717, 1.165) is 44.9 Å². The van der Waals surface area contributed by atoms with Gasteiger partial charge in [-0.05, 0) is 63.2 Å². The van der Waals surface area contributed by atoms with Gasteiger partial charge in [-0.2, -0.15) is 0 Å². The number of esters is 1. The van der Waals surface area contributed by atoms with Crippen molar-refractivity contribution in [2.75, 3.05) is 0 Å². The highest BCUT2D eigenvalue weighted by Gasteiger charge is 2.64. The van der Waals surface area contributed by atoms with Gasteiger partial charge in [0.05, 0.1) is 5.60 Å². The molecule has 0 saturated heterocycles. The van der Waals surface area contributed by atoms with Crippen molar-refractivity contribution in [1.82, 2.24) is 0 Å². The Kier molecular flexibility index (Phi) is 3.20. The smallest absolute Gasteiger partial charge is 0.303 e. The van der Waals surface area contributed by atoms with Gasteiger partial charge in [-0.3, -0.25) is 4.79 Å². The van der Waals surface area contributed by atoms with Gasteiger partial charge in [0.1, 0.15) is 5.60 Å². The van der Waals surface area contributed by atoms with E-state index in [2.05, 4.69) is 13.8 Å². The van der Waals surface area contributed by atoms with E-state index in [1.807, 2.05) is 0 Å². The van der Waals surface area contributed by atoms with Gasteiger partial charge in [-0.25, -0.2) is 0 Å². The standard InChI is InChI=1S/C17H28O3/c1-4-17(19,5-2)15-7-13-6-14(8-15)10-16(9-13,11-15)20-12(3)18/h13-14,19H,4-11H2,1-3H3. The first-order valence-corrected chi connectivity index (χ1v) is 8.28. The van der Waals surface area contributed by atoms with Gasteiger partial charge in [-0.15, -0.1) is 0 Å². The van der Waals surface area contributed by atoms with Crippen molar-refractivity contribution in [2.45, 2.75) is 83.3 Å². The van der Waals surface area contributed by atoms with E-state index in [4.69, 9.17) is 4.74 Å². The van der Waals surface area contributed by atoms with Crippen molar-refractivity contribution in [3.63, 3.8) is 0 Å². The van der Waals surface area contributed by atoms with Crippen molar-refractivity contribution in [3.8, 4) is 0 Å². The molecule has 4 fully saturated rings. The predicted molar refractivity (Wildman–Crippen MR) is 77.1 cm³/mol. The lowest BCUT2D eigenvalue weighted by Crippen LogP contribution is -2.64. The van der Waals surface area contributed by atoms with Crippen molar-refractivity contribution in [2.24, 2.45) is 17.3 Å². The Hall–Kier alpha value is -0.570. The first-order chi connectivity index (χ1) is 9.36. The van der Waals surface area contributed by atoms with Crippen LogP contribution >= 0.6 is 0 Å². The van der Waals surface area contributed by atoms with E-state index in [-0.39, 0.29) is 17.0 Å². The summed E-state index contributed by atoms with van der Waals surface area (Å²) in [6, 6.07) is 0. The summed E-state index contributed by atoms with van der Waals surface area (Å²) in [7, 11) is 0. The maximum Gasteiger partial charge on any atom is 0.303 e. The molecule has 0 aromatic heterocycles. The van der Waals surface area contributed by atoms with Crippen LogP contribution in [0.5, 0.6) is 0 Å². The molecule has 1 N–H and O–H groups in total. The number of carbonyl (C=O) groups excluding carboxylic acids is 1. The SMILES string of the molecule is CCC(O)(CC)C12CC3CC(CC(OC(C)=O)(C3)C1)C2. The van der Waals surface area contributed by atoms with Crippen LogP contribution in [-0.4, -0.2) is 22.3 Å². The summed E-state index contributed by atoms with van der Waals surface area (Å²) in [5, 5.41) is 11.2. The first-order valence-electron chi connectivity index (χ1n) is 8.28. The molecule has 3 nitrogen and oxygen atoms in total. The third kappa shape index (κ3) is 1.93. The Morgan fingerprint density at radius 3 is 2.20 bits per heavy atom. The molecule has 0 spiro atoms. The van der Waals surface area contributed by atoms with Crippen molar-refractivity contribution >= 4 is 5.97 Å². The monoisotopic (exact) mass is 280 g/mol. The van der Waals surface area contributed by atoms with Crippen LogP contribution in [0.2, 0.25) is 0 Å². The minimum absolute atomic E-state index is 0.0178. The van der Waals surface area contributed by atoms with Crippen LogP contribution in [-0.2, 0) is 9.53 Å². The Morgan fingerprint density at radius 1 is 1.20 bits per heavy atom. The molecule has 2 unspecified atom stereocenters. The zero-order valence-electron chi connectivity index (χ0n) is 13.1. The van der Waals surface area contributed by atoms with Crippen LogP contribution in [0.15, 0.2) is 0 Å². The molecule has 2 atom stereocenters. The molecule has 4 bridgehead atoms. The molecular weight excluding hydrogens is 252 g/mol. The van der Waals surface area contributed by atoms with Crippen LogP contribution in [0.4, 0.5) is 0 Å². The largest absolute Gasteiger partial charge is 0.459 e. The molecule has 0 aromatic carbocycles. The van der Waals surface area contributed by atoms with E-state index in [0.29, 0.717) is 11.8 Å². The molecule has 0 amide bonds. The highest BCUT2D eigenvalue weighted by Crippen LogP contribution is 2.67. The van der Waals surface area contributed by atoms with Gasteiger partial charge in [0.25, 0.3) is 0 Å². The molecule has 4 aliphatic carbocycles. The number of rotatable bonds is 4. The van der Waals surface area contributed by atoms with Gasteiger partial charge in [-0.1, -0.05) is 13.8 Å². The molecule has 0 heterocycles. The Morgan fingerprint density at radius 2 is 1.75 bits per heavy atom. The third-order valence-electron chi connectivity index (χ3n) is 6.52. The fourth-order valence-corrected chi connectivity index (χ4v) is 6.15. The van der Waals surface area contributed by atoms with Gasteiger partial charge >= 0.3 is 5.97 Å². The van der Waals surface area contributed by atoms with Crippen LogP contribution < -0.4 is 0 Å². The Labute approximate surface area is 122 Å². The van der Waals surface area contributed by atoms with Crippen molar-refractivity contribution in [3.05, 3.63) is 0 Å². The summed E-state index contributed by atoms with van der Waals surface area (Å²) in [4.78, 5) is 11.5. The fourth-order valence-electron chi connectivity index (χ4n) is 6.15. The average Bonchev–Trinajstić information content (AvgIpc) is 2.34. The van der Waals surface area contributed by atoms with Crippen LogP contribution in [0.25, 0.3) is 0 Å². The zero-order chi connectivity index (χ0) is 14.6. The van der Waals surface area contributed by atoms with Crippen LogP contribution in [0.3, 0.4) is 0 Å². The molecule has 3 heteroatoms. The second kappa shape index (κ2) is 4.46. The summed E-state index contributed by atoms with van der Waals surface area (Å²) in [6.07, 6.45) is 8.06. The Bertz CT molecular complexity index is 396. The number of aliphatic hydroxyl groups is 1. The lowest BCUT2D eigenvalue weighted by Gasteiger charge is -2.65. The van der Waals surface area contributed by atoms with E-state index in [9.17, 15) is 9.90 Å². The predicted octanol–water partition coefficient (Wildman–Crippen LogP) is 3.44. The summed E-state index contributed by atoms with van der Waals surface area (Å²) >= 11 is 0. The maximum atomic E-state index is 11.5. The second-order valence-corrected chi connectivity index (χ2v) is 7.76. The van der Waals surface area contributed by atoms with E-state index in [1.54, 1.807) is 0 Å². The Balaban J connectivity index is 1.96. The third-order valence-corrected chi connectivity index (χ3v) is 6.52. The normalized spacial score (nSPS) is 42.8. The topological polar surface area (TPSA) is 46.5 Å². The van der Waals surface area contributed by atoms with Crippen molar-refractivity contribution < 1.29 is 14.6 Å². The summed E-state index contributed by atoms with van der Waals surface area (Å²) in [5.74, 6) is 1.12. The van der Waals surface area contributed by atoms with Crippen LogP contribution in [0.1, 0.15) is 72.1 Å². The summed E-state index contributed by atoms with van der Waals surface area (Å²) < 4.78 is 5.81. The lowest BCUT2D eigenvalue weighted by atomic mass is 9.43. The van der Waals surface area contributed by atoms with Crippen molar-refractivity contribution in [1.29, 1.82) is 0 Å². The molecule has 4 saturated carbocycles. The van der Waals surface area contributed by atoms with E-state index in [1.165, 1.54) is 13.3 Å². The highest BCUT2D eigenvalue weighted by molar-refractivity contribution is 5.66. The minimum atomic E-state index is -0.587. The van der Waals surface area contributed by atoms with Gasteiger partial charge in [0.2, 0.25) is 0 Å². The van der Waals surface area contributed by atoms with E-state index < -0.39 is 5.60 Å². The second-order valence-electron chi connectivity index (χ2n) is 7.76. The maximum absolute atomic E-state index is 11.5. The quantitative estimate of drug-likeness (QED) is 0.802. The lowest BCUT2D eigenvalue weighted by molar-refractivity contribution is -0.241. The molecule has 0 aromatic rings. The number of carbonyl (C=O) groups is 1. The molecule has 4 aliphatic rings. The summed E-state index contributed by atoms with van der Waals surface area (Å²) in [6.45, 7) is 5.72.